The van der Waals surface area contributed by atoms with Crippen molar-refractivity contribution in [1.29, 1.82) is 0 Å². The fraction of sp³-hybridized carbons (Fsp3) is 0.698. The second-order valence-electron chi connectivity index (χ2n) is 16.3. The number of ether oxygens (including phenoxy) is 2. The Morgan fingerprint density at radius 1 is 0.492 bits per heavy atom. The van der Waals surface area contributed by atoms with E-state index in [0.29, 0.717) is 6.42 Å². The Bertz CT molecular complexity index is 1300. The largest absolute Gasteiger partial charge is 0.472 e. The van der Waals surface area contributed by atoms with Crippen LogP contribution in [0.4, 0.5) is 0 Å². The molecule has 0 aromatic rings. The first-order valence-electron chi connectivity index (χ1n) is 25.1. The SMILES string of the molecule is CC/C=C\C/C=C\C/C=C\C/C=C\C/C=C\C/C=C\CCC(=O)OC(COC(=O)CCCCCCCCCCCCC/C=C\CCCCCCCCCC)COP(=O)(O)OCCN. The maximum atomic E-state index is 12.6. The van der Waals surface area contributed by atoms with Gasteiger partial charge in [0.05, 0.1) is 13.2 Å². The summed E-state index contributed by atoms with van der Waals surface area (Å²) in [6, 6.07) is 0. The predicted octanol–water partition coefficient (Wildman–Crippen LogP) is 15.2. The second-order valence-corrected chi connectivity index (χ2v) is 17.8. The lowest BCUT2D eigenvalue weighted by Crippen LogP contribution is -2.29. The summed E-state index contributed by atoms with van der Waals surface area (Å²) in [5, 5.41) is 0. The molecule has 0 amide bonds. The van der Waals surface area contributed by atoms with Crippen LogP contribution in [0.1, 0.15) is 206 Å². The smallest absolute Gasteiger partial charge is 0.462 e. The third kappa shape index (κ3) is 48.5. The van der Waals surface area contributed by atoms with E-state index in [4.69, 9.17) is 24.3 Å². The molecule has 0 rings (SSSR count). The quantitative estimate of drug-likeness (QED) is 0.0265. The van der Waals surface area contributed by atoms with E-state index in [2.05, 4.69) is 86.8 Å². The number of phosphoric ester groups is 1. The molecule has 0 aliphatic heterocycles. The number of rotatable bonds is 46. The number of carbonyl (C=O) groups is 2. The minimum Gasteiger partial charge on any atom is -0.462 e. The monoisotopic (exact) mass is 902 g/mol. The van der Waals surface area contributed by atoms with Gasteiger partial charge in [-0.2, -0.15) is 0 Å². The van der Waals surface area contributed by atoms with Crippen LogP contribution in [0.3, 0.4) is 0 Å². The molecule has 2 unspecified atom stereocenters. The Kier molecular flexibility index (Phi) is 46.5. The maximum absolute atomic E-state index is 12.6. The van der Waals surface area contributed by atoms with Crippen molar-refractivity contribution in [2.45, 2.75) is 213 Å². The van der Waals surface area contributed by atoms with Crippen LogP contribution in [0.2, 0.25) is 0 Å². The van der Waals surface area contributed by atoms with Crippen molar-refractivity contribution in [1.82, 2.24) is 0 Å². The fourth-order valence-electron chi connectivity index (χ4n) is 6.60. The normalized spacial score (nSPS) is 13.9. The van der Waals surface area contributed by atoms with Crippen molar-refractivity contribution in [3.63, 3.8) is 0 Å². The summed E-state index contributed by atoms with van der Waals surface area (Å²) in [7, 11) is -4.41. The van der Waals surface area contributed by atoms with Gasteiger partial charge in [-0.25, -0.2) is 4.57 Å². The molecule has 0 aromatic heterocycles. The average Bonchev–Trinajstić information content (AvgIpc) is 3.27. The highest BCUT2D eigenvalue weighted by Crippen LogP contribution is 2.43. The zero-order valence-corrected chi connectivity index (χ0v) is 40.9. The van der Waals surface area contributed by atoms with Gasteiger partial charge in [-0.15, -0.1) is 0 Å². The van der Waals surface area contributed by atoms with Gasteiger partial charge in [-0.3, -0.25) is 18.6 Å². The summed E-state index contributed by atoms with van der Waals surface area (Å²) < 4.78 is 32.8. The van der Waals surface area contributed by atoms with E-state index in [1.807, 2.05) is 12.2 Å². The van der Waals surface area contributed by atoms with Crippen LogP contribution in [-0.4, -0.2) is 49.3 Å². The molecule has 0 bridgehead atoms. The number of nitrogens with two attached hydrogens (primary N) is 1. The van der Waals surface area contributed by atoms with Gasteiger partial charge in [0.1, 0.15) is 6.61 Å². The summed E-state index contributed by atoms with van der Waals surface area (Å²) in [6.07, 6.45) is 62.1. The Hall–Kier alpha value is -2.81. The van der Waals surface area contributed by atoms with Gasteiger partial charge in [0.25, 0.3) is 0 Å². The van der Waals surface area contributed by atoms with Crippen molar-refractivity contribution in [2.75, 3.05) is 26.4 Å². The van der Waals surface area contributed by atoms with E-state index in [1.165, 1.54) is 116 Å². The van der Waals surface area contributed by atoms with E-state index in [-0.39, 0.29) is 32.6 Å². The van der Waals surface area contributed by atoms with Crippen molar-refractivity contribution in [3.8, 4) is 0 Å². The van der Waals surface area contributed by atoms with Gasteiger partial charge in [-0.1, -0.05) is 202 Å². The topological polar surface area (TPSA) is 134 Å². The summed E-state index contributed by atoms with van der Waals surface area (Å²) in [5.74, 6) is -0.929. The van der Waals surface area contributed by atoms with E-state index in [9.17, 15) is 19.0 Å². The molecule has 0 heterocycles. The van der Waals surface area contributed by atoms with E-state index >= 15 is 0 Å². The van der Waals surface area contributed by atoms with Crippen LogP contribution in [-0.2, 0) is 32.7 Å². The molecule has 0 radical (unpaired) electrons. The number of phosphoric acid groups is 1. The Morgan fingerprint density at radius 3 is 1.37 bits per heavy atom. The molecule has 0 saturated heterocycles. The molecule has 0 aliphatic carbocycles. The molecule has 9 nitrogen and oxygen atoms in total. The molecule has 63 heavy (non-hydrogen) atoms. The first-order valence-corrected chi connectivity index (χ1v) is 26.6. The molecule has 0 saturated carbocycles. The molecular weight excluding hydrogens is 810 g/mol. The van der Waals surface area contributed by atoms with Gasteiger partial charge in [-0.05, 0) is 77.0 Å². The Morgan fingerprint density at radius 2 is 0.905 bits per heavy atom. The van der Waals surface area contributed by atoms with Gasteiger partial charge in [0, 0.05) is 19.4 Å². The number of hydrogen-bond acceptors (Lipinski definition) is 8. The molecule has 0 spiro atoms. The van der Waals surface area contributed by atoms with Crippen molar-refractivity contribution in [3.05, 3.63) is 85.1 Å². The zero-order chi connectivity index (χ0) is 46.0. The third-order valence-corrected chi connectivity index (χ3v) is 11.3. The molecular formula is C53H92NO8P. The summed E-state index contributed by atoms with van der Waals surface area (Å²) >= 11 is 0. The van der Waals surface area contributed by atoms with Crippen LogP contribution >= 0.6 is 7.82 Å². The van der Waals surface area contributed by atoms with Crippen LogP contribution in [0, 0.1) is 0 Å². The first kappa shape index (κ1) is 60.2. The third-order valence-electron chi connectivity index (χ3n) is 10.3. The summed E-state index contributed by atoms with van der Waals surface area (Å²) in [6.45, 7) is 3.54. The number of carbonyl (C=O) groups excluding carboxylic acids is 2. The molecule has 0 aromatic carbocycles. The molecule has 3 N–H and O–H groups in total. The lowest BCUT2D eigenvalue weighted by atomic mass is 10.0. The highest BCUT2D eigenvalue weighted by Gasteiger charge is 2.25. The van der Waals surface area contributed by atoms with Crippen LogP contribution in [0.5, 0.6) is 0 Å². The molecule has 0 aliphatic rings. The van der Waals surface area contributed by atoms with Crippen molar-refractivity contribution >= 4 is 19.8 Å². The van der Waals surface area contributed by atoms with Crippen molar-refractivity contribution in [2.24, 2.45) is 5.73 Å². The van der Waals surface area contributed by atoms with Crippen LogP contribution < -0.4 is 5.73 Å². The average molecular weight is 902 g/mol. The minimum absolute atomic E-state index is 0.0381. The standard InChI is InChI=1S/C53H92NO8P/c1-3-5-7-9-11-13-15-17-19-21-23-24-25-26-28-29-31-33-35-37-39-41-43-45-52(55)59-49-51(50-61-63(57,58)60-48-47-54)62-53(56)46-44-42-40-38-36-34-32-30-27-22-20-18-16-14-12-10-8-6-4-2/h6,8,12,14,18,20-21,23,27,30,34,36,40,42,51H,3-5,7,9-11,13,15-17,19,22,24-26,28-29,31-33,35,37-39,41,43-50,54H2,1-2H3,(H,57,58)/b8-6-,14-12-,20-18-,23-21-,30-27-,36-34-,42-40-. The molecule has 2 atom stereocenters. The highest BCUT2D eigenvalue weighted by atomic mass is 31.2. The van der Waals surface area contributed by atoms with E-state index in [1.54, 1.807) is 0 Å². The number of hydrogen-bond donors (Lipinski definition) is 2. The minimum atomic E-state index is -4.41. The first-order chi connectivity index (χ1) is 30.8. The number of allylic oxidation sites excluding steroid dienone is 14. The summed E-state index contributed by atoms with van der Waals surface area (Å²) in [5.41, 5.74) is 5.36. The molecule has 0 fully saturated rings. The van der Waals surface area contributed by atoms with E-state index in [0.717, 1.165) is 57.8 Å². The van der Waals surface area contributed by atoms with Crippen LogP contribution in [0.25, 0.3) is 0 Å². The highest BCUT2D eigenvalue weighted by molar-refractivity contribution is 7.47. The second kappa shape index (κ2) is 48.6. The number of unbranched alkanes of at least 4 members (excludes halogenated alkanes) is 19. The van der Waals surface area contributed by atoms with Gasteiger partial charge in [0.15, 0.2) is 6.10 Å². The van der Waals surface area contributed by atoms with Gasteiger partial charge in [0.2, 0.25) is 0 Å². The lowest BCUT2D eigenvalue weighted by Gasteiger charge is -2.19. The maximum Gasteiger partial charge on any atom is 0.472 e. The fourth-order valence-corrected chi connectivity index (χ4v) is 7.36. The van der Waals surface area contributed by atoms with Crippen LogP contribution in [0.15, 0.2) is 85.1 Å². The zero-order valence-electron chi connectivity index (χ0n) is 40.0. The molecule has 10 heteroatoms. The Balaban J connectivity index is 4.15. The molecule has 362 valence electrons. The number of esters is 2. The van der Waals surface area contributed by atoms with Crippen molar-refractivity contribution < 1.29 is 37.6 Å². The van der Waals surface area contributed by atoms with Gasteiger partial charge >= 0.3 is 19.8 Å². The lowest BCUT2D eigenvalue weighted by molar-refractivity contribution is -0.161. The van der Waals surface area contributed by atoms with Gasteiger partial charge < -0.3 is 20.1 Å². The Labute approximate surface area is 385 Å². The van der Waals surface area contributed by atoms with E-state index < -0.39 is 32.5 Å². The summed E-state index contributed by atoms with van der Waals surface area (Å²) in [4.78, 5) is 35.0. The predicted molar refractivity (Wildman–Crippen MR) is 265 cm³/mol.